The summed E-state index contributed by atoms with van der Waals surface area (Å²) in [7, 11) is 2.27. The maximum absolute atomic E-state index is 10.1. The molecule has 2 bridgehead atoms. The van der Waals surface area contributed by atoms with E-state index in [2.05, 4.69) is 18.0 Å². The van der Waals surface area contributed by atoms with Crippen LogP contribution in [0.5, 0.6) is 5.75 Å². The van der Waals surface area contributed by atoms with Crippen LogP contribution in [0, 0.1) is 5.92 Å². The summed E-state index contributed by atoms with van der Waals surface area (Å²) in [5, 5.41) is 10.1. The maximum atomic E-state index is 10.1. The molecule has 0 radical (unpaired) electrons. The second-order valence-corrected chi connectivity index (χ2v) is 7.93. The van der Waals surface area contributed by atoms with Crippen molar-refractivity contribution in [3.8, 4) is 5.75 Å². The Morgan fingerprint density at radius 1 is 1.22 bits per heavy atom. The molecule has 2 heterocycles. The molecule has 4 nitrogen and oxygen atoms in total. The fourth-order valence-electron chi connectivity index (χ4n) is 5.94. The van der Waals surface area contributed by atoms with Crippen LogP contribution >= 0.6 is 0 Å². The van der Waals surface area contributed by atoms with Crippen molar-refractivity contribution >= 4 is 0 Å². The Hall–Kier alpha value is -1.10. The molecule has 1 aromatic rings. The van der Waals surface area contributed by atoms with Crippen LogP contribution in [0.25, 0.3) is 0 Å². The number of phenols is 1. The smallest absolute Gasteiger partial charge is 0.169 e. The van der Waals surface area contributed by atoms with E-state index in [0.29, 0.717) is 17.7 Å². The Labute approximate surface area is 137 Å². The van der Waals surface area contributed by atoms with E-state index in [-0.39, 0.29) is 11.2 Å². The number of likely N-dealkylation sites (N-methyl/N-ethyl adjacent to an activating group) is 1. The van der Waals surface area contributed by atoms with E-state index in [1.807, 2.05) is 12.1 Å². The van der Waals surface area contributed by atoms with Gasteiger partial charge in [-0.15, -0.1) is 0 Å². The second-order valence-electron chi connectivity index (χ2n) is 7.93. The fraction of sp³-hybridized carbons (Fsp3) is 0.684. The van der Waals surface area contributed by atoms with Gasteiger partial charge in [0.25, 0.3) is 0 Å². The van der Waals surface area contributed by atoms with Crippen molar-refractivity contribution in [3.63, 3.8) is 0 Å². The highest BCUT2D eigenvalue weighted by Gasteiger charge is 2.60. The quantitative estimate of drug-likeness (QED) is 0.798. The van der Waals surface area contributed by atoms with Crippen molar-refractivity contribution in [2.24, 2.45) is 5.92 Å². The number of hydrogen-bond donors (Lipinski definition) is 1. The Bertz CT molecular complexity index is 640. The standard InChI is InChI=1S/C19H25NO3/c1-20-7-6-18-12-19(22-8-9-23-19)5-4-15(18)17(20)10-13-2-3-14(21)11-16(13)18/h2-3,11,15,17,21H,4-10,12H2,1H3/t15-,17?,18-/m0/s1. The van der Waals surface area contributed by atoms with Crippen LogP contribution in [-0.4, -0.2) is 48.6 Å². The number of fused-ring (bicyclic) bond motifs is 1. The molecule has 4 aliphatic rings. The summed E-state index contributed by atoms with van der Waals surface area (Å²) in [6, 6.07) is 6.61. The van der Waals surface area contributed by atoms with Crippen LogP contribution in [0.1, 0.15) is 36.8 Å². The molecule has 3 atom stereocenters. The SMILES string of the molecule is CN1CC[C@]23CC4(CC[C@H]2C1Cc1ccc(O)cc13)OCCO4. The summed E-state index contributed by atoms with van der Waals surface area (Å²) in [5.74, 6) is 0.660. The first-order valence-corrected chi connectivity index (χ1v) is 8.93. The van der Waals surface area contributed by atoms with Gasteiger partial charge in [-0.1, -0.05) is 6.07 Å². The molecule has 124 valence electrons. The Balaban J connectivity index is 1.66. The molecule has 3 fully saturated rings. The van der Waals surface area contributed by atoms with E-state index < -0.39 is 0 Å². The van der Waals surface area contributed by atoms with Gasteiger partial charge in [0.05, 0.1) is 13.2 Å². The number of phenolic OH excluding ortho intramolecular Hbond substituents is 1. The van der Waals surface area contributed by atoms with Crippen molar-refractivity contribution < 1.29 is 14.6 Å². The number of aromatic hydroxyl groups is 1. The largest absolute Gasteiger partial charge is 0.508 e. The normalized spacial score (nSPS) is 38.3. The lowest BCUT2D eigenvalue weighted by atomic mass is 9.51. The topological polar surface area (TPSA) is 41.9 Å². The van der Waals surface area contributed by atoms with Gasteiger partial charge in [-0.2, -0.15) is 0 Å². The van der Waals surface area contributed by atoms with E-state index in [1.165, 1.54) is 11.1 Å². The zero-order valence-electron chi connectivity index (χ0n) is 13.8. The Morgan fingerprint density at radius 2 is 2.04 bits per heavy atom. The van der Waals surface area contributed by atoms with Gasteiger partial charge in [0.15, 0.2) is 5.79 Å². The van der Waals surface area contributed by atoms with Crippen molar-refractivity contribution in [1.29, 1.82) is 0 Å². The van der Waals surface area contributed by atoms with E-state index in [9.17, 15) is 5.11 Å². The van der Waals surface area contributed by atoms with Crippen molar-refractivity contribution in [3.05, 3.63) is 29.3 Å². The molecule has 1 unspecified atom stereocenters. The molecule has 1 spiro atoms. The third kappa shape index (κ3) is 1.89. The lowest BCUT2D eigenvalue weighted by Gasteiger charge is -2.60. The third-order valence-electron chi connectivity index (χ3n) is 6.94. The fourth-order valence-corrected chi connectivity index (χ4v) is 5.94. The molecule has 0 amide bonds. The van der Waals surface area contributed by atoms with Gasteiger partial charge in [-0.3, -0.25) is 0 Å². The van der Waals surface area contributed by atoms with Crippen LogP contribution in [0.2, 0.25) is 0 Å². The number of ether oxygens (including phenoxy) is 2. The number of likely N-dealkylation sites (tertiary alicyclic amines) is 1. The van der Waals surface area contributed by atoms with Crippen LogP contribution < -0.4 is 0 Å². The van der Waals surface area contributed by atoms with Gasteiger partial charge in [0.2, 0.25) is 0 Å². The van der Waals surface area contributed by atoms with Gasteiger partial charge in [-0.25, -0.2) is 0 Å². The zero-order chi connectivity index (χ0) is 15.7. The van der Waals surface area contributed by atoms with Crippen LogP contribution in [0.3, 0.4) is 0 Å². The molecule has 2 saturated heterocycles. The zero-order valence-corrected chi connectivity index (χ0v) is 13.8. The molecule has 1 aromatic carbocycles. The highest BCUT2D eigenvalue weighted by atomic mass is 16.7. The average Bonchev–Trinajstić information content (AvgIpc) is 2.99. The monoisotopic (exact) mass is 315 g/mol. The average molecular weight is 315 g/mol. The first-order chi connectivity index (χ1) is 11.1. The summed E-state index contributed by atoms with van der Waals surface area (Å²) >= 11 is 0. The number of piperidine rings is 1. The molecule has 1 N–H and O–H groups in total. The first kappa shape index (κ1) is 14.3. The molecule has 2 aliphatic heterocycles. The molecule has 23 heavy (non-hydrogen) atoms. The lowest BCUT2D eigenvalue weighted by molar-refractivity contribution is -0.212. The molecular formula is C19H25NO3. The maximum Gasteiger partial charge on any atom is 0.169 e. The number of rotatable bonds is 0. The Kier molecular flexibility index (Phi) is 2.92. The summed E-state index contributed by atoms with van der Waals surface area (Å²) in [6.45, 7) is 2.56. The van der Waals surface area contributed by atoms with E-state index >= 15 is 0 Å². The summed E-state index contributed by atoms with van der Waals surface area (Å²) in [4.78, 5) is 2.55. The first-order valence-electron chi connectivity index (χ1n) is 8.93. The molecule has 4 heteroatoms. The van der Waals surface area contributed by atoms with Crippen LogP contribution in [0.4, 0.5) is 0 Å². The minimum atomic E-state index is -0.378. The second kappa shape index (κ2) is 4.71. The predicted octanol–water partition coefficient (Wildman–Crippen LogP) is 2.43. The van der Waals surface area contributed by atoms with Gasteiger partial charge in [0.1, 0.15) is 5.75 Å². The number of nitrogens with zero attached hydrogens (tertiary/aromatic N) is 1. The molecule has 0 aromatic heterocycles. The van der Waals surface area contributed by atoms with E-state index in [4.69, 9.17) is 9.47 Å². The van der Waals surface area contributed by atoms with E-state index in [1.54, 1.807) is 0 Å². The Morgan fingerprint density at radius 3 is 2.87 bits per heavy atom. The van der Waals surface area contributed by atoms with Crippen molar-refractivity contribution in [2.75, 3.05) is 26.8 Å². The van der Waals surface area contributed by atoms with E-state index in [0.717, 1.165) is 51.9 Å². The summed E-state index contributed by atoms with van der Waals surface area (Å²) < 4.78 is 12.2. The number of hydrogen-bond acceptors (Lipinski definition) is 4. The molecule has 5 rings (SSSR count). The molecular weight excluding hydrogens is 290 g/mol. The number of benzene rings is 1. The van der Waals surface area contributed by atoms with Crippen molar-refractivity contribution in [1.82, 2.24) is 4.90 Å². The van der Waals surface area contributed by atoms with Crippen molar-refractivity contribution in [2.45, 2.75) is 49.3 Å². The minimum Gasteiger partial charge on any atom is -0.508 e. The third-order valence-corrected chi connectivity index (χ3v) is 6.94. The molecule has 2 aliphatic carbocycles. The predicted molar refractivity (Wildman–Crippen MR) is 86.5 cm³/mol. The van der Waals surface area contributed by atoms with Gasteiger partial charge in [0, 0.05) is 24.3 Å². The summed E-state index contributed by atoms with van der Waals surface area (Å²) in [5.41, 5.74) is 2.88. The van der Waals surface area contributed by atoms with Gasteiger partial charge in [-0.05, 0) is 62.0 Å². The summed E-state index contributed by atoms with van der Waals surface area (Å²) in [6.07, 6.45) is 5.36. The highest BCUT2D eigenvalue weighted by Crippen LogP contribution is 2.59. The van der Waals surface area contributed by atoms with Gasteiger partial charge >= 0.3 is 0 Å². The highest BCUT2D eigenvalue weighted by molar-refractivity contribution is 5.45. The minimum absolute atomic E-state index is 0.103. The van der Waals surface area contributed by atoms with Crippen LogP contribution in [-0.2, 0) is 21.3 Å². The van der Waals surface area contributed by atoms with Crippen LogP contribution in [0.15, 0.2) is 18.2 Å². The lowest BCUT2D eigenvalue weighted by Crippen LogP contribution is -2.63. The molecule has 1 saturated carbocycles. The van der Waals surface area contributed by atoms with Gasteiger partial charge < -0.3 is 19.5 Å².